The molecule has 0 radical (unpaired) electrons. The number of alkyl halides is 2. The van der Waals surface area contributed by atoms with Crippen LogP contribution in [0.25, 0.3) is 0 Å². The van der Waals surface area contributed by atoms with E-state index in [9.17, 15) is 18.7 Å². The summed E-state index contributed by atoms with van der Waals surface area (Å²) in [5.74, 6) is -2.14. The number of aromatic hydroxyl groups is 1. The van der Waals surface area contributed by atoms with Crippen LogP contribution in [-0.4, -0.2) is 23.2 Å². The van der Waals surface area contributed by atoms with Crippen LogP contribution < -0.4 is 5.73 Å². The van der Waals surface area contributed by atoms with Crippen molar-refractivity contribution < 1.29 is 23.4 Å². The Balaban J connectivity index is 3.25. The number of nitrogens with two attached hydrogens (primary N) is 1. The van der Waals surface area contributed by atoms with Crippen molar-refractivity contribution in [2.45, 2.75) is 6.43 Å². The first-order valence-electron chi connectivity index (χ1n) is 3.83. The van der Waals surface area contributed by atoms with E-state index < -0.39 is 35.2 Å². The second-order valence-electron chi connectivity index (χ2n) is 2.62. The van der Waals surface area contributed by atoms with Gasteiger partial charge in [0.15, 0.2) is 5.69 Å². The van der Waals surface area contributed by atoms with Gasteiger partial charge in [-0.15, -0.1) is 0 Å². The van der Waals surface area contributed by atoms with Gasteiger partial charge in [0.1, 0.15) is 11.6 Å². The maximum absolute atomic E-state index is 12.3. The molecular weight excluding hydrogens is 210 g/mol. The molecule has 0 spiro atoms. The lowest BCUT2D eigenvalue weighted by Crippen LogP contribution is -2.08. The Morgan fingerprint density at radius 2 is 2.27 bits per heavy atom. The number of halogens is 2. The number of carbonyl (C=O) groups excluding carboxylic acids is 1. The standard InChI is InChI=1S/C8H8F2N2O3/c1-15-8(14)5-4(13)2-3(6(9)10)7(11)12-5/h2,6,13H,1H3,(H2,11,12). The summed E-state index contributed by atoms with van der Waals surface area (Å²) in [6, 6.07) is 0.694. The Kier molecular flexibility index (Phi) is 3.03. The molecule has 7 heteroatoms. The Morgan fingerprint density at radius 3 is 2.73 bits per heavy atom. The van der Waals surface area contributed by atoms with E-state index >= 15 is 0 Å². The van der Waals surface area contributed by atoms with Gasteiger partial charge in [0.25, 0.3) is 6.43 Å². The highest BCUT2D eigenvalue weighted by atomic mass is 19.3. The Morgan fingerprint density at radius 1 is 1.67 bits per heavy atom. The van der Waals surface area contributed by atoms with E-state index in [2.05, 4.69) is 9.72 Å². The van der Waals surface area contributed by atoms with E-state index in [1.807, 2.05) is 0 Å². The zero-order valence-corrected chi connectivity index (χ0v) is 7.70. The molecule has 1 aromatic rings. The van der Waals surface area contributed by atoms with E-state index in [0.29, 0.717) is 6.07 Å². The SMILES string of the molecule is COC(=O)c1nc(N)c(C(F)F)cc1O. The van der Waals surface area contributed by atoms with Crippen LogP contribution in [0.15, 0.2) is 6.07 Å². The van der Waals surface area contributed by atoms with E-state index in [1.165, 1.54) is 0 Å². The van der Waals surface area contributed by atoms with Crippen molar-refractivity contribution >= 4 is 11.8 Å². The zero-order valence-electron chi connectivity index (χ0n) is 7.70. The number of nitrogen functional groups attached to an aromatic ring is 1. The van der Waals surface area contributed by atoms with Crippen molar-refractivity contribution in [3.05, 3.63) is 17.3 Å². The normalized spacial score (nSPS) is 10.4. The first kappa shape index (κ1) is 11.2. The average Bonchev–Trinajstić information content (AvgIpc) is 2.19. The minimum Gasteiger partial charge on any atom is -0.505 e. The predicted molar refractivity (Wildman–Crippen MR) is 46.6 cm³/mol. The summed E-state index contributed by atoms with van der Waals surface area (Å²) >= 11 is 0. The number of pyridine rings is 1. The van der Waals surface area contributed by atoms with Gasteiger partial charge in [-0.2, -0.15) is 0 Å². The number of esters is 1. The molecule has 0 saturated carbocycles. The number of nitrogens with zero attached hydrogens (tertiary/aromatic N) is 1. The minimum absolute atomic E-state index is 0.487. The van der Waals surface area contributed by atoms with Gasteiger partial charge in [0.05, 0.1) is 12.7 Å². The van der Waals surface area contributed by atoms with E-state index in [4.69, 9.17) is 5.73 Å². The van der Waals surface area contributed by atoms with Crippen LogP contribution in [-0.2, 0) is 4.74 Å². The summed E-state index contributed by atoms with van der Waals surface area (Å²) in [6.07, 6.45) is -2.87. The molecule has 0 aliphatic carbocycles. The van der Waals surface area contributed by atoms with Gasteiger partial charge in [-0.1, -0.05) is 0 Å². The fourth-order valence-corrected chi connectivity index (χ4v) is 0.954. The molecule has 0 aliphatic rings. The van der Waals surface area contributed by atoms with Gasteiger partial charge in [0, 0.05) is 0 Å². The van der Waals surface area contributed by atoms with Crippen LogP contribution in [0.4, 0.5) is 14.6 Å². The van der Waals surface area contributed by atoms with Crippen molar-refractivity contribution in [1.82, 2.24) is 4.98 Å². The Bertz CT molecular complexity index is 396. The van der Waals surface area contributed by atoms with Crippen LogP contribution in [0, 0.1) is 0 Å². The lowest BCUT2D eigenvalue weighted by Gasteiger charge is -2.07. The van der Waals surface area contributed by atoms with Crippen molar-refractivity contribution in [3.63, 3.8) is 0 Å². The zero-order chi connectivity index (χ0) is 11.6. The summed E-state index contributed by atoms with van der Waals surface area (Å²) in [6.45, 7) is 0. The first-order valence-corrected chi connectivity index (χ1v) is 3.83. The molecule has 82 valence electrons. The first-order chi connectivity index (χ1) is 6.97. The molecule has 1 heterocycles. The summed E-state index contributed by atoms with van der Waals surface area (Å²) in [7, 11) is 1.07. The number of carbonyl (C=O) groups is 1. The Labute approximate surface area is 83.5 Å². The quantitative estimate of drug-likeness (QED) is 0.726. The lowest BCUT2D eigenvalue weighted by atomic mass is 10.2. The fraction of sp³-hybridized carbons (Fsp3) is 0.250. The molecule has 15 heavy (non-hydrogen) atoms. The number of hydrogen-bond acceptors (Lipinski definition) is 5. The molecule has 0 fully saturated rings. The molecule has 0 aromatic carbocycles. The summed E-state index contributed by atoms with van der Waals surface area (Å²) in [4.78, 5) is 14.3. The molecule has 0 unspecified atom stereocenters. The van der Waals surface area contributed by atoms with Gasteiger partial charge in [-0.05, 0) is 6.07 Å². The van der Waals surface area contributed by atoms with Gasteiger partial charge >= 0.3 is 5.97 Å². The topological polar surface area (TPSA) is 85.4 Å². The van der Waals surface area contributed by atoms with Crippen LogP contribution in [0.1, 0.15) is 22.5 Å². The largest absolute Gasteiger partial charge is 0.505 e. The van der Waals surface area contributed by atoms with Gasteiger partial charge in [-0.3, -0.25) is 0 Å². The molecule has 3 N–H and O–H groups in total. The molecular formula is C8H8F2N2O3. The number of anilines is 1. The molecule has 1 aromatic heterocycles. The highest BCUT2D eigenvalue weighted by Gasteiger charge is 2.20. The third kappa shape index (κ3) is 2.12. The Hall–Kier alpha value is -1.92. The van der Waals surface area contributed by atoms with Gasteiger partial charge < -0.3 is 15.6 Å². The predicted octanol–water partition coefficient (Wildman–Crippen LogP) is 1.09. The van der Waals surface area contributed by atoms with Crippen LogP contribution >= 0.6 is 0 Å². The number of methoxy groups -OCH3 is 1. The molecule has 0 amide bonds. The second kappa shape index (κ2) is 4.07. The van der Waals surface area contributed by atoms with Crippen LogP contribution in [0.5, 0.6) is 5.75 Å². The summed E-state index contributed by atoms with van der Waals surface area (Å²) < 4.78 is 28.8. The summed E-state index contributed by atoms with van der Waals surface area (Å²) in [5.41, 5.74) is 4.06. The van der Waals surface area contributed by atoms with Crippen LogP contribution in [0.3, 0.4) is 0 Å². The minimum atomic E-state index is -2.87. The van der Waals surface area contributed by atoms with E-state index in [-0.39, 0.29) is 0 Å². The van der Waals surface area contributed by atoms with Crippen molar-refractivity contribution in [2.24, 2.45) is 0 Å². The van der Waals surface area contributed by atoms with Gasteiger partial charge in [-0.25, -0.2) is 18.6 Å². The molecule has 0 atom stereocenters. The maximum Gasteiger partial charge on any atom is 0.360 e. The maximum atomic E-state index is 12.3. The van der Waals surface area contributed by atoms with Crippen molar-refractivity contribution in [1.29, 1.82) is 0 Å². The fourth-order valence-electron chi connectivity index (χ4n) is 0.954. The summed E-state index contributed by atoms with van der Waals surface area (Å²) in [5, 5.41) is 9.21. The second-order valence-corrected chi connectivity index (χ2v) is 2.62. The van der Waals surface area contributed by atoms with E-state index in [1.54, 1.807) is 0 Å². The number of aromatic nitrogens is 1. The molecule has 0 bridgehead atoms. The van der Waals surface area contributed by atoms with Gasteiger partial charge in [0.2, 0.25) is 0 Å². The molecule has 5 nitrogen and oxygen atoms in total. The smallest absolute Gasteiger partial charge is 0.360 e. The van der Waals surface area contributed by atoms with Crippen LogP contribution in [0.2, 0.25) is 0 Å². The van der Waals surface area contributed by atoms with Crippen molar-refractivity contribution in [3.8, 4) is 5.75 Å². The highest BCUT2D eigenvalue weighted by molar-refractivity contribution is 5.90. The molecule has 0 aliphatic heterocycles. The average molecular weight is 218 g/mol. The highest BCUT2D eigenvalue weighted by Crippen LogP contribution is 2.29. The molecule has 1 rings (SSSR count). The monoisotopic (exact) mass is 218 g/mol. The number of ether oxygens (including phenoxy) is 1. The number of hydrogen-bond donors (Lipinski definition) is 2. The number of rotatable bonds is 2. The third-order valence-corrected chi connectivity index (χ3v) is 1.68. The molecule has 0 saturated heterocycles. The lowest BCUT2D eigenvalue weighted by molar-refractivity contribution is 0.0590. The third-order valence-electron chi connectivity index (χ3n) is 1.68. The van der Waals surface area contributed by atoms with E-state index in [0.717, 1.165) is 7.11 Å². The van der Waals surface area contributed by atoms with Crippen molar-refractivity contribution in [2.75, 3.05) is 12.8 Å².